The van der Waals surface area contributed by atoms with E-state index in [0.717, 1.165) is 0 Å². The molecule has 3 nitrogen and oxygen atoms in total. The van der Waals surface area contributed by atoms with Gasteiger partial charge in [0.15, 0.2) is 0 Å². The second kappa shape index (κ2) is 4.18. The minimum absolute atomic E-state index is 0.102. The molecule has 0 aromatic heterocycles. The van der Waals surface area contributed by atoms with Gasteiger partial charge in [0.05, 0.1) is 12.4 Å². The maximum atomic E-state index is 5.06. The number of aliphatic imine (C=N–C) groups is 1. The highest BCUT2D eigenvalue weighted by Crippen LogP contribution is 1.86. The fraction of sp³-hybridized carbons (Fsp3) is 0.400. The van der Waals surface area contributed by atoms with Gasteiger partial charge in [0, 0.05) is 0 Å². The highest BCUT2D eigenvalue weighted by molar-refractivity contribution is 5.51. The molecule has 0 bridgehead atoms. The minimum atomic E-state index is 0.102. The van der Waals surface area contributed by atoms with Gasteiger partial charge < -0.3 is 11.5 Å². The average Bonchev–Trinajstić information content (AvgIpc) is 1.68. The Hall–Kier alpha value is -0.990. The Morgan fingerprint density at radius 3 is 2.50 bits per heavy atom. The van der Waals surface area contributed by atoms with Gasteiger partial charge >= 0.3 is 0 Å². The summed E-state index contributed by atoms with van der Waals surface area (Å²) in [6.07, 6.45) is 4.48. The largest absolute Gasteiger partial charge is 0.405 e. The lowest BCUT2D eigenvalue weighted by molar-refractivity contribution is 0.927. The Bertz CT molecular complexity index is 83.8. The molecule has 0 amide bonds. The van der Waals surface area contributed by atoms with E-state index in [2.05, 4.69) is 4.99 Å². The summed E-state index contributed by atoms with van der Waals surface area (Å²) in [5.74, 6) is 0. The predicted molar refractivity (Wildman–Crippen MR) is 35.5 cm³/mol. The summed E-state index contributed by atoms with van der Waals surface area (Å²) >= 11 is 0. The van der Waals surface area contributed by atoms with E-state index in [1.165, 1.54) is 12.5 Å². The van der Waals surface area contributed by atoms with E-state index in [0.29, 0.717) is 0 Å². The quantitative estimate of drug-likeness (QED) is 0.386. The van der Waals surface area contributed by atoms with Crippen LogP contribution in [0.25, 0.3) is 0 Å². The van der Waals surface area contributed by atoms with Gasteiger partial charge in [-0.05, 0) is 19.2 Å². The molecule has 0 aromatic rings. The van der Waals surface area contributed by atoms with Gasteiger partial charge in [-0.1, -0.05) is 0 Å². The molecule has 3 heteroatoms. The van der Waals surface area contributed by atoms with Crippen LogP contribution < -0.4 is 11.5 Å². The summed E-state index contributed by atoms with van der Waals surface area (Å²) < 4.78 is 0. The van der Waals surface area contributed by atoms with Crippen LogP contribution in [0.4, 0.5) is 0 Å². The topological polar surface area (TPSA) is 64.4 Å². The van der Waals surface area contributed by atoms with Crippen LogP contribution in [-0.2, 0) is 0 Å². The van der Waals surface area contributed by atoms with Gasteiger partial charge in [0.1, 0.15) is 0 Å². The highest BCUT2D eigenvalue weighted by atomic mass is 14.8. The third-order valence-corrected chi connectivity index (χ3v) is 0.711. The first-order valence-corrected chi connectivity index (χ1v) is 2.43. The molecule has 0 radical (unpaired) electrons. The van der Waals surface area contributed by atoms with E-state index in [-0.39, 0.29) is 6.04 Å². The molecule has 4 N–H and O–H groups in total. The van der Waals surface area contributed by atoms with Gasteiger partial charge in [-0.15, -0.1) is 0 Å². The molecule has 0 fully saturated rings. The highest BCUT2D eigenvalue weighted by Gasteiger charge is 1.84. The van der Waals surface area contributed by atoms with Crippen LogP contribution in [0.15, 0.2) is 17.3 Å². The molecule has 0 aliphatic rings. The molecule has 0 saturated carbocycles. The normalized spacial score (nSPS) is 15.6. The zero-order valence-electron chi connectivity index (χ0n) is 4.91. The van der Waals surface area contributed by atoms with Gasteiger partial charge in [-0.2, -0.15) is 0 Å². The van der Waals surface area contributed by atoms with Crippen molar-refractivity contribution in [2.45, 2.75) is 13.0 Å². The lowest BCUT2D eigenvalue weighted by atomic mass is 10.3. The molecule has 0 saturated heterocycles. The van der Waals surface area contributed by atoms with Crippen molar-refractivity contribution >= 4 is 6.34 Å². The second-order valence-corrected chi connectivity index (χ2v) is 1.42. The second-order valence-electron chi connectivity index (χ2n) is 1.42. The van der Waals surface area contributed by atoms with Crippen molar-refractivity contribution in [2.24, 2.45) is 16.5 Å². The molecule has 0 heterocycles. The van der Waals surface area contributed by atoms with Gasteiger partial charge in [-0.3, -0.25) is 4.99 Å². The minimum Gasteiger partial charge on any atom is -0.405 e. The van der Waals surface area contributed by atoms with Crippen LogP contribution in [0, 0.1) is 0 Å². The van der Waals surface area contributed by atoms with Crippen LogP contribution in [-0.4, -0.2) is 12.4 Å². The third-order valence-electron chi connectivity index (χ3n) is 0.711. The standard InChI is InChI=1S/C5H11N3/c1-5(2-3-6)8-4-7/h2-5H,6H2,1H3,(H2,7,8)/b3-2+. The summed E-state index contributed by atoms with van der Waals surface area (Å²) in [6, 6.07) is 0.102. The maximum Gasteiger partial charge on any atom is 0.0804 e. The molecule has 46 valence electrons. The Kier molecular flexibility index (Phi) is 3.66. The van der Waals surface area contributed by atoms with E-state index in [9.17, 15) is 0 Å². The van der Waals surface area contributed by atoms with Crippen LogP contribution in [0.3, 0.4) is 0 Å². The molecule has 0 spiro atoms. The predicted octanol–water partition coefficient (Wildman–Crippen LogP) is -0.166. The first-order chi connectivity index (χ1) is 3.81. The molecule has 0 rings (SSSR count). The molecule has 0 aliphatic carbocycles. The lowest BCUT2D eigenvalue weighted by Crippen LogP contribution is -1.98. The molecular formula is C5H11N3. The Morgan fingerprint density at radius 1 is 1.50 bits per heavy atom. The van der Waals surface area contributed by atoms with E-state index >= 15 is 0 Å². The number of nitrogens with two attached hydrogens (primary N) is 2. The van der Waals surface area contributed by atoms with Gasteiger partial charge in [0.25, 0.3) is 0 Å². The Balaban J connectivity index is 3.47. The van der Waals surface area contributed by atoms with Crippen molar-refractivity contribution in [3.8, 4) is 0 Å². The van der Waals surface area contributed by atoms with Gasteiger partial charge in [0.2, 0.25) is 0 Å². The Labute approximate surface area is 49.1 Å². The smallest absolute Gasteiger partial charge is 0.0804 e. The van der Waals surface area contributed by atoms with Crippen LogP contribution in [0.2, 0.25) is 0 Å². The van der Waals surface area contributed by atoms with Gasteiger partial charge in [-0.25, -0.2) is 0 Å². The summed E-state index contributed by atoms with van der Waals surface area (Å²) in [5.41, 5.74) is 10.1. The Morgan fingerprint density at radius 2 is 2.12 bits per heavy atom. The van der Waals surface area contributed by atoms with E-state index in [1.807, 2.05) is 6.92 Å². The molecule has 1 unspecified atom stereocenters. The summed E-state index contributed by atoms with van der Waals surface area (Å²) in [7, 11) is 0. The first kappa shape index (κ1) is 7.01. The van der Waals surface area contributed by atoms with E-state index in [4.69, 9.17) is 11.5 Å². The number of nitrogens with zero attached hydrogens (tertiary/aromatic N) is 1. The van der Waals surface area contributed by atoms with Crippen LogP contribution in [0.1, 0.15) is 6.92 Å². The summed E-state index contributed by atoms with van der Waals surface area (Å²) in [6.45, 7) is 1.90. The average molecular weight is 113 g/mol. The number of hydrogen-bond acceptors (Lipinski definition) is 2. The molecular weight excluding hydrogens is 102 g/mol. The molecule has 0 aliphatic heterocycles. The van der Waals surface area contributed by atoms with Crippen molar-refractivity contribution in [3.63, 3.8) is 0 Å². The third kappa shape index (κ3) is 3.21. The zero-order valence-corrected chi connectivity index (χ0v) is 4.91. The van der Waals surface area contributed by atoms with Crippen molar-refractivity contribution in [3.05, 3.63) is 12.3 Å². The van der Waals surface area contributed by atoms with Crippen LogP contribution in [0.5, 0.6) is 0 Å². The van der Waals surface area contributed by atoms with Crippen molar-refractivity contribution < 1.29 is 0 Å². The van der Waals surface area contributed by atoms with Crippen molar-refractivity contribution in [1.29, 1.82) is 0 Å². The van der Waals surface area contributed by atoms with Crippen molar-refractivity contribution in [1.82, 2.24) is 0 Å². The molecule has 8 heavy (non-hydrogen) atoms. The SMILES string of the molecule is CC(/C=C/N)N=CN. The van der Waals surface area contributed by atoms with Crippen LogP contribution >= 0.6 is 0 Å². The first-order valence-electron chi connectivity index (χ1n) is 2.43. The zero-order chi connectivity index (χ0) is 6.41. The fourth-order valence-electron chi connectivity index (χ4n) is 0.346. The number of hydrogen-bond donors (Lipinski definition) is 2. The maximum absolute atomic E-state index is 5.06. The lowest BCUT2D eigenvalue weighted by Gasteiger charge is -1.92. The van der Waals surface area contributed by atoms with Crippen molar-refractivity contribution in [2.75, 3.05) is 0 Å². The molecule has 1 atom stereocenters. The number of rotatable bonds is 2. The fourth-order valence-corrected chi connectivity index (χ4v) is 0.346. The monoisotopic (exact) mass is 113 g/mol. The summed E-state index contributed by atoms with van der Waals surface area (Å²) in [4.78, 5) is 3.80. The van der Waals surface area contributed by atoms with E-state index in [1.54, 1.807) is 6.08 Å². The summed E-state index contributed by atoms with van der Waals surface area (Å²) in [5, 5.41) is 0. The molecule has 0 aromatic carbocycles. The van der Waals surface area contributed by atoms with E-state index < -0.39 is 0 Å².